The fourth-order valence-corrected chi connectivity index (χ4v) is 2.51. The molecule has 0 aromatic heterocycles. The first-order valence-corrected chi connectivity index (χ1v) is 4.30. The zero-order chi connectivity index (χ0) is 9.69. The second kappa shape index (κ2) is 2.25. The molecule has 4 heteroatoms. The zero-order valence-electron chi connectivity index (χ0n) is 7.75. The van der Waals surface area contributed by atoms with Crippen molar-refractivity contribution in [2.45, 2.75) is 19.3 Å². The molecule has 2 atom stereocenters. The van der Waals surface area contributed by atoms with Crippen molar-refractivity contribution in [3.8, 4) is 0 Å². The summed E-state index contributed by atoms with van der Waals surface area (Å²) in [4.78, 5) is 22.7. The lowest BCUT2D eigenvalue weighted by Crippen LogP contribution is -2.39. The molecule has 2 aliphatic carbocycles. The molecule has 72 valence electrons. The molecule has 0 bridgehead atoms. The van der Waals surface area contributed by atoms with Crippen molar-refractivity contribution in [3.05, 3.63) is 0 Å². The third-order valence-electron chi connectivity index (χ3n) is 3.53. The Bertz CT molecular complexity index is 257. The van der Waals surface area contributed by atoms with Gasteiger partial charge in [-0.15, -0.1) is 0 Å². The van der Waals surface area contributed by atoms with Gasteiger partial charge in [0.2, 0.25) is 0 Å². The molecule has 2 rings (SSSR count). The van der Waals surface area contributed by atoms with Crippen LogP contribution in [0, 0.1) is 10.8 Å². The predicted molar refractivity (Wildman–Crippen MR) is 42.7 cm³/mol. The first-order valence-electron chi connectivity index (χ1n) is 4.30. The topological polar surface area (TPSA) is 52.6 Å². The average Bonchev–Trinajstić information content (AvgIpc) is 2.63. The maximum absolute atomic E-state index is 11.4. The van der Waals surface area contributed by atoms with Crippen LogP contribution >= 0.6 is 0 Å². The molecule has 0 heterocycles. The highest BCUT2D eigenvalue weighted by Gasteiger charge is 2.83. The van der Waals surface area contributed by atoms with E-state index in [2.05, 4.69) is 9.47 Å². The fraction of sp³-hybridized carbons (Fsp3) is 0.778. The third kappa shape index (κ3) is 0.716. The molecule has 2 saturated carbocycles. The van der Waals surface area contributed by atoms with Crippen LogP contribution in [0.15, 0.2) is 0 Å². The van der Waals surface area contributed by atoms with Gasteiger partial charge < -0.3 is 9.47 Å². The van der Waals surface area contributed by atoms with Crippen molar-refractivity contribution in [2.24, 2.45) is 10.8 Å². The molecule has 0 aromatic carbocycles. The number of hydrogen-bond acceptors (Lipinski definition) is 4. The largest absolute Gasteiger partial charge is 0.469 e. The van der Waals surface area contributed by atoms with Gasteiger partial charge >= 0.3 is 11.9 Å². The number of methoxy groups -OCH3 is 2. The van der Waals surface area contributed by atoms with Gasteiger partial charge in [-0.1, -0.05) is 0 Å². The lowest BCUT2D eigenvalue weighted by Gasteiger charge is -2.30. The Balaban J connectivity index is 2.17. The Morgan fingerprint density at radius 1 is 1.00 bits per heavy atom. The molecule has 0 aliphatic heterocycles. The summed E-state index contributed by atoms with van der Waals surface area (Å²) in [6, 6.07) is 0. The Morgan fingerprint density at radius 3 is 1.62 bits per heavy atom. The highest BCUT2D eigenvalue weighted by molar-refractivity contribution is 5.96. The summed E-state index contributed by atoms with van der Waals surface area (Å²) >= 11 is 0. The number of fused-ring (bicyclic) bond motifs is 1. The van der Waals surface area contributed by atoms with Crippen LogP contribution in [0.2, 0.25) is 0 Å². The molecule has 0 N–H and O–H groups in total. The van der Waals surface area contributed by atoms with E-state index >= 15 is 0 Å². The molecule has 0 aromatic rings. The van der Waals surface area contributed by atoms with Crippen LogP contribution in [0.1, 0.15) is 19.3 Å². The maximum atomic E-state index is 11.4. The molecule has 2 aliphatic rings. The van der Waals surface area contributed by atoms with E-state index in [-0.39, 0.29) is 11.9 Å². The molecule has 2 unspecified atom stereocenters. The number of rotatable bonds is 2. The van der Waals surface area contributed by atoms with Gasteiger partial charge in [0.15, 0.2) is 0 Å². The quantitative estimate of drug-likeness (QED) is 0.586. The highest BCUT2D eigenvalue weighted by Crippen LogP contribution is 2.78. The third-order valence-corrected chi connectivity index (χ3v) is 3.53. The minimum atomic E-state index is -0.519. The van der Waals surface area contributed by atoms with Crippen LogP contribution < -0.4 is 0 Å². The predicted octanol–water partition coefficient (Wildman–Crippen LogP) is 0.503. The smallest absolute Gasteiger partial charge is 0.313 e. The number of carbonyl (C=O) groups excluding carboxylic acids is 2. The lowest BCUT2D eigenvalue weighted by atomic mass is 9.74. The summed E-state index contributed by atoms with van der Waals surface area (Å²) in [7, 11) is 2.71. The minimum absolute atomic E-state index is 0.260. The van der Waals surface area contributed by atoms with Crippen molar-refractivity contribution >= 4 is 11.9 Å². The summed E-state index contributed by atoms with van der Waals surface area (Å²) in [6.45, 7) is 0. The van der Waals surface area contributed by atoms with Crippen LogP contribution in [0.3, 0.4) is 0 Å². The van der Waals surface area contributed by atoms with Gasteiger partial charge in [-0.2, -0.15) is 0 Å². The Labute approximate surface area is 76.2 Å². The van der Waals surface area contributed by atoms with Crippen molar-refractivity contribution in [2.75, 3.05) is 14.2 Å². The van der Waals surface area contributed by atoms with Crippen molar-refractivity contribution in [3.63, 3.8) is 0 Å². The second-order valence-corrected chi connectivity index (χ2v) is 3.82. The molecule has 0 saturated heterocycles. The summed E-state index contributed by atoms with van der Waals surface area (Å²) in [5.74, 6) is -0.520. The van der Waals surface area contributed by atoms with E-state index in [1.54, 1.807) is 0 Å². The number of ether oxygens (including phenoxy) is 2. The van der Waals surface area contributed by atoms with Gasteiger partial charge in [-0.05, 0) is 19.3 Å². The first-order chi connectivity index (χ1) is 6.13. The van der Waals surface area contributed by atoms with E-state index < -0.39 is 10.8 Å². The number of hydrogen-bond donors (Lipinski definition) is 0. The Kier molecular flexibility index (Phi) is 1.47. The molecule has 4 nitrogen and oxygen atoms in total. The standard InChI is InChI=1S/C9H12O4/c1-12-6(10)8-3-4-9(8,5-8)7(11)13-2/h3-5H2,1-2H3. The van der Waals surface area contributed by atoms with Crippen LogP contribution in [0.5, 0.6) is 0 Å². The monoisotopic (exact) mass is 184 g/mol. The summed E-state index contributed by atoms with van der Waals surface area (Å²) in [5.41, 5.74) is -1.04. The summed E-state index contributed by atoms with van der Waals surface area (Å²) in [6.07, 6.45) is 2.13. The molecule has 0 amide bonds. The molecular formula is C9H12O4. The van der Waals surface area contributed by atoms with Crippen LogP contribution in [0.4, 0.5) is 0 Å². The number of esters is 2. The first kappa shape index (κ1) is 8.53. The van der Waals surface area contributed by atoms with Gasteiger partial charge in [0.25, 0.3) is 0 Å². The Morgan fingerprint density at radius 2 is 1.38 bits per heavy atom. The van der Waals surface area contributed by atoms with Gasteiger partial charge in [0.1, 0.15) is 0 Å². The van der Waals surface area contributed by atoms with Crippen molar-refractivity contribution in [1.29, 1.82) is 0 Å². The van der Waals surface area contributed by atoms with Gasteiger partial charge in [0, 0.05) is 0 Å². The normalized spacial score (nSPS) is 39.8. The van der Waals surface area contributed by atoms with E-state index in [0.29, 0.717) is 6.42 Å². The molecule has 0 spiro atoms. The summed E-state index contributed by atoms with van der Waals surface area (Å²) in [5, 5.41) is 0. The van der Waals surface area contributed by atoms with Gasteiger partial charge in [-0.3, -0.25) is 9.59 Å². The SMILES string of the molecule is COC(=O)C12CCC1(C(=O)OC)C2. The fourth-order valence-electron chi connectivity index (χ4n) is 2.51. The van der Waals surface area contributed by atoms with Gasteiger partial charge in [0.05, 0.1) is 25.0 Å². The Hall–Kier alpha value is -1.06. The zero-order valence-corrected chi connectivity index (χ0v) is 7.75. The van der Waals surface area contributed by atoms with Crippen LogP contribution in [0.25, 0.3) is 0 Å². The van der Waals surface area contributed by atoms with E-state index in [1.165, 1.54) is 14.2 Å². The molecule has 2 fully saturated rings. The highest BCUT2D eigenvalue weighted by atomic mass is 16.5. The van der Waals surface area contributed by atoms with E-state index in [9.17, 15) is 9.59 Å². The van der Waals surface area contributed by atoms with Crippen LogP contribution in [-0.4, -0.2) is 26.2 Å². The maximum Gasteiger partial charge on any atom is 0.313 e. The minimum Gasteiger partial charge on any atom is -0.469 e. The van der Waals surface area contributed by atoms with Gasteiger partial charge in [-0.25, -0.2) is 0 Å². The van der Waals surface area contributed by atoms with Crippen molar-refractivity contribution in [1.82, 2.24) is 0 Å². The van der Waals surface area contributed by atoms with E-state index in [1.807, 2.05) is 0 Å². The van der Waals surface area contributed by atoms with E-state index in [0.717, 1.165) is 12.8 Å². The van der Waals surface area contributed by atoms with Crippen molar-refractivity contribution < 1.29 is 19.1 Å². The molecular weight excluding hydrogens is 172 g/mol. The summed E-state index contributed by atoms with van der Waals surface area (Å²) < 4.78 is 9.34. The second-order valence-electron chi connectivity index (χ2n) is 3.82. The molecule has 13 heavy (non-hydrogen) atoms. The number of carbonyl (C=O) groups is 2. The van der Waals surface area contributed by atoms with E-state index in [4.69, 9.17) is 0 Å². The average molecular weight is 184 g/mol. The van der Waals surface area contributed by atoms with Crippen LogP contribution in [-0.2, 0) is 19.1 Å². The molecule has 0 radical (unpaired) electrons. The lowest BCUT2D eigenvalue weighted by molar-refractivity contribution is -0.164.